The largest absolute Gasteiger partial charge is 0.378 e. The molecule has 1 aliphatic heterocycles. The van der Waals surface area contributed by atoms with Crippen LogP contribution in [0.25, 0.3) is 0 Å². The minimum absolute atomic E-state index is 0.284. The Balaban J connectivity index is 1.78. The molecule has 0 aromatic carbocycles. The lowest BCUT2D eigenvalue weighted by molar-refractivity contribution is 0.107. The molecule has 1 unspecified atom stereocenters. The van der Waals surface area contributed by atoms with Crippen LogP contribution in [-0.2, 0) is 4.74 Å². The molecule has 1 atom stereocenters. The molecule has 6 heteroatoms. The summed E-state index contributed by atoms with van der Waals surface area (Å²) in [5.41, 5.74) is 0. The summed E-state index contributed by atoms with van der Waals surface area (Å²) in [6.07, 6.45) is 3.65. The topological polar surface area (TPSA) is 57.9 Å². The van der Waals surface area contributed by atoms with Gasteiger partial charge in [0.15, 0.2) is 10.3 Å². The predicted octanol–water partition coefficient (Wildman–Crippen LogP) is 2.65. The summed E-state index contributed by atoms with van der Waals surface area (Å²) in [4.78, 5) is 4.51. The van der Waals surface area contributed by atoms with Gasteiger partial charge >= 0.3 is 0 Å². The lowest BCUT2D eigenvalue weighted by atomic mass is 10.2. The van der Waals surface area contributed by atoms with E-state index in [1.807, 2.05) is 6.07 Å². The molecule has 1 aliphatic rings. The van der Waals surface area contributed by atoms with E-state index in [9.17, 15) is 0 Å². The number of ether oxygens (including phenoxy) is 1. The van der Waals surface area contributed by atoms with Gasteiger partial charge in [0.25, 0.3) is 0 Å². The van der Waals surface area contributed by atoms with Crippen molar-refractivity contribution in [3.8, 4) is 6.07 Å². The number of nitriles is 1. The zero-order valence-electron chi connectivity index (χ0n) is 8.70. The molecule has 16 heavy (non-hydrogen) atoms. The molecule has 0 spiro atoms. The minimum atomic E-state index is 0.284. The summed E-state index contributed by atoms with van der Waals surface area (Å²) in [5.74, 6) is 0. The van der Waals surface area contributed by atoms with E-state index in [-0.39, 0.29) is 5.15 Å². The number of halogens is 1. The van der Waals surface area contributed by atoms with Crippen molar-refractivity contribution in [2.24, 2.45) is 0 Å². The first-order chi connectivity index (χ1) is 7.79. The molecule has 86 valence electrons. The molecular weight excluding hydrogens is 246 g/mol. The van der Waals surface area contributed by atoms with Crippen LogP contribution in [0.3, 0.4) is 0 Å². The van der Waals surface area contributed by atoms with E-state index >= 15 is 0 Å². The number of hydrogen-bond donors (Lipinski definition) is 1. The second-order valence-corrected chi connectivity index (χ2v) is 4.96. The quantitative estimate of drug-likeness (QED) is 0.901. The Labute approximate surface area is 103 Å². The lowest BCUT2D eigenvalue weighted by Gasteiger charge is -2.08. The number of anilines is 1. The van der Waals surface area contributed by atoms with Crippen LogP contribution in [0, 0.1) is 11.3 Å². The number of nitrogens with one attached hydrogen (secondary N) is 1. The van der Waals surface area contributed by atoms with Crippen molar-refractivity contribution in [1.29, 1.82) is 5.26 Å². The zero-order chi connectivity index (χ0) is 11.4. The van der Waals surface area contributed by atoms with Gasteiger partial charge in [0.1, 0.15) is 10.9 Å². The first kappa shape index (κ1) is 11.6. The maximum Gasteiger partial charge on any atom is 0.185 e. The van der Waals surface area contributed by atoms with Crippen LogP contribution < -0.4 is 5.32 Å². The summed E-state index contributed by atoms with van der Waals surface area (Å²) >= 11 is 7.05. The van der Waals surface area contributed by atoms with Crippen LogP contribution in [0.1, 0.15) is 24.1 Å². The third kappa shape index (κ3) is 2.85. The van der Waals surface area contributed by atoms with Crippen molar-refractivity contribution in [2.45, 2.75) is 25.4 Å². The zero-order valence-corrected chi connectivity index (χ0v) is 10.3. The van der Waals surface area contributed by atoms with Crippen LogP contribution in [-0.4, -0.2) is 24.2 Å². The molecule has 0 aliphatic carbocycles. The number of rotatable bonds is 4. The fraction of sp³-hybridized carbons (Fsp3) is 0.600. The molecule has 0 saturated carbocycles. The van der Waals surface area contributed by atoms with Crippen LogP contribution in [0.15, 0.2) is 0 Å². The van der Waals surface area contributed by atoms with E-state index in [1.54, 1.807) is 0 Å². The second-order valence-electron chi connectivity index (χ2n) is 3.60. The number of hydrogen-bond acceptors (Lipinski definition) is 5. The van der Waals surface area contributed by atoms with Crippen molar-refractivity contribution >= 4 is 28.1 Å². The van der Waals surface area contributed by atoms with Gasteiger partial charge in [-0.25, -0.2) is 4.98 Å². The fourth-order valence-corrected chi connectivity index (χ4v) is 2.63. The number of aromatic nitrogens is 1. The first-order valence-electron chi connectivity index (χ1n) is 5.21. The maximum absolute atomic E-state index is 8.72. The molecule has 1 N–H and O–H groups in total. The summed E-state index contributed by atoms with van der Waals surface area (Å²) in [6, 6.07) is 2.01. The van der Waals surface area contributed by atoms with E-state index in [0.29, 0.717) is 16.1 Å². The minimum Gasteiger partial charge on any atom is -0.378 e. The van der Waals surface area contributed by atoms with Crippen molar-refractivity contribution < 1.29 is 4.74 Å². The highest BCUT2D eigenvalue weighted by atomic mass is 35.5. The van der Waals surface area contributed by atoms with E-state index in [0.717, 1.165) is 32.4 Å². The van der Waals surface area contributed by atoms with Crippen molar-refractivity contribution in [2.75, 3.05) is 18.5 Å². The predicted molar refractivity (Wildman–Crippen MR) is 63.9 cm³/mol. The van der Waals surface area contributed by atoms with Gasteiger partial charge in [-0.15, -0.1) is 0 Å². The Morgan fingerprint density at radius 1 is 1.69 bits per heavy atom. The van der Waals surface area contributed by atoms with Gasteiger partial charge in [0, 0.05) is 13.2 Å². The highest BCUT2D eigenvalue weighted by molar-refractivity contribution is 7.16. The SMILES string of the molecule is N#Cc1sc(NCCC2CCCO2)nc1Cl. The van der Waals surface area contributed by atoms with Crippen LogP contribution in [0.5, 0.6) is 0 Å². The Hall–Kier alpha value is -0.830. The Morgan fingerprint density at radius 3 is 3.19 bits per heavy atom. The Morgan fingerprint density at radius 2 is 2.56 bits per heavy atom. The fourth-order valence-electron chi connectivity index (χ4n) is 1.66. The normalized spacial score (nSPS) is 19.6. The van der Waals surface area contributed by atoms with Gasteiger partial charge in [-0.2, -0.15) is 5.26 Å². The van der Waals surface area contributed by atoms with Gasteiger partial charge in [-0.05, 0) is 19.3 Å². The van der Waals surface area contributed by atoms with E-state index in [2.05, 4.69) is 10.3 Å². The lowest BCUT2D eigenvalue weighted by Crippen LogP contribution is -2.12. The van der Waals surface area contributed by atoms with E-state index in [1.165, 1.54) is 11.3 Å². The summed E-state index contributed by atoms with van der Waals surface area (Å²) < 4.78 is 5.51. The first-order valence-corrected chi connectivity index (χ1v) is 6.41. The Bertz CT molecular complexity index is 395. The molecule has 1 saturated heterocycles. The van der Waals surface area contributed by atoms with Gasteiger partial charge < -0.3 is 10.1 Å². The Kier molecular flexibility index (Phi) is 3.99. The molecule has 4 nitrogen and oxygen atoms in total. The van der Waals surface area contributed by atoms with E-state index < -0.39 is 0 Å². The average Bonchev–Trinajstić information content (AvgIpc) is 2.88. The van der Waals surface area contributed by atoms with E-state index in [4.69, 9.17) is 21.6 Å². The van der Waals surface area contributed by atoms with Gasteiger partial charge in [-0.1, -0.05) is 22.9 Å². The maximum atomic E-state index is 8.72. The second kappa shape index (κ2) is 5.48. The third-order valence-corrected chi connectivity index (χ3v) is 3.76. The molecule has 1 aromatic heterocycles. The highest BCUT2D eigenvalue weighted by Crippen LogP contribution is 2.26. The van der Waals surface area contributed by atoms with Crippen LogP contribution in [0.2, 0.25) is 5.15 Å². The monoisotopic (exact) mass is 257 g/mol. The molecule has 2 rings (SSSR count). The molecule has 2 heterocycles. The third-order valence-electron chi connectivity index (χ3n) is 2.45. The van der Waals surface area contributed by atoms with Crippen LogP contribution in [0.4, 0.5) is 5.13 Å². The summed E-state index contributed by atoms with van der Waals surface area (Å²) in [5, 5.41) is 12.9. The van der Waals surface area contributed by atoms with Crippen LogP contribution >= 0.6 is 22.9 Å². The van der Waals surface area contributed by atoms with Crippen molar-refractivity contribution in [1.82, 2.24) is 4.98 Å². The van der Waals surface area contributed by atoms with Gasteiger partial charge in [0.2, 0.25) is 0 Å². The van der Waals surface area contributed by atoms with Gasteiger partial charge in [0.05, 0.1) is 6.10 Å². The highest BCUT2D eigenvalue weighted by Gasteiger charge is 2.15. The van der Waals surface area contributed by atoms with Gasteiger partial charge in [-0.3, -0.25) is 0 Å². The average molecular weight is 258 g/mol. The molecule has 0 bridgehead atoms. The molecule has 0 amide bonds. The molecule has 0 radical (unpaired) electrons. The van der Waals surface area contributed by atoms with Crippen molar-refractivity contribution in [3.05, 3.63) is 10.0 Å². The standard InChI is InChI=1S/C10H12ClN3OS/c11-9-8(6-12)16-10(14-9)13-4-3-7-2-1-5-15-7/h7H,1-5H2,(H,13,14). The number of nitrogens with zero attached hydrogens (tertiary/aromatic N) is 2. The molecule has 1 fully saturated rings. The number of thiazole rings is 1. The summed E-state index contributed by atoms with van der Waals surface area (Å²) in [6.45, 7) is 1.69. The molecular formula is C10H12ClN3OS. The molecule has 1 aromatic rings. The smallest absolute Gasteiger partial charge is 0.185 e. The van der Waals surface area contributed by atoms with Crippen molar-refractivity contribution in [3.63, 3.8) is 0 Å². The summed E-state index contributed by atoms with van der Waals surface area (Å²) in [7, 11) is 0.